The van der Waals surface area contributed by atoms with Crippen LogP contribution in [0.3, 0.4) is 0 Å². The Hall–Kier alpha value is -0.0400. The van der Waals surface area contributed by atoms with E-state index in [2.05, 4.69) is 20.8 Å². The third kappa shape index (κ3) is 7.17. The molecule has 2 N–H and O–H groups in total. The summed E-state index contributed by atoms with van der Waals surface area (Å²) < 4.78 is 0. The van der Waals surface area contributed by atoms with Crippen molar-refractivity contribution in [3.05, 3.63) is 0 Å². The van der Waals surface area contributed by atoms with Gasteiger partial charge in [-0.05, 0) is 37.0 Å². The Morgan fingerprint density at radius 2 is 1.38 bits per heavy atom. The standard InChI is InChI=1S/C20H41N/c1-4-5-6-7-8-9-10-11-14-19(21)20(17-18(2)3)15-12-13-16-20/h18-19H,4-17,21H2,1-3H3. The van der Waals surface area contributed by atoms with Gasteiger partial charge in [-0.25, -0.2) is 0 Å². The van der Waals surface area contributed by atoms with Crippen LogP contribution >= 0.6 is 0 Å². The van der Waals surface area contributed by atoms with Gasteiger partial charge in [0.25, 0.3) is 0 Å². The lowest BCUT2D eigenvalue weighted by Gasteiger charge is -2.37. The van der Waals surface area contributed by atoms with E-state index < -0.39 is 0 Å². The molecule has 1 unspecified atom stereocenters. The number of rotatable bonds is 12. The van der Waals surface area contributed by atoms with Crippen molar-refractivity contribution in [2.24, 2.45) is 17.1 Å². The highest BCUT2D eigenvalue weighted by Gasteiger charge is 2.39. The van der Waals surface area contributed by atoms with Gasteiger partial charge in [-0.1, -0.05) is 85.0 Å². The topological polar surface area (TPSA) is 26.0 Å². The Morgan fingerprint density at radius 3 is 1.90 bits per heavy atom. The van der Waals surface area contributed by atoms with Crippen LogP contribution in [0.25, 0.3) is 0 Å². The monoisotopic (exact) mass is 295 g/mol. The first-order chi connectivity index (χ1) is 10.1. The van der Waals surface area contributed by atoms with Gasteiger partial charge in [-0.15, -0.1) is 0 Å². The molecular weight excluding hydrogens is 254 g/mol. The highest BCUT2D eigenvalue weighted by Crippen LogP contribution is 2.46. The number of unbranched alkanes of at least 4 members (excludes halogenated alkanes) is 7. The van der Waals surface area contributed by atoms with Crippen LogP contribution in [-0.4, -0.2) is 6.04 Å². The van der Waals surface area contributed by atoms with Gasteiger partial charge in [0.2, 0.25) is 0 Å². The smallest absolute Gasteiger partial charge is 0.00956 e. The summed E-state index contributed by atoms with van der Waals surface area (Å²) in [5.74, 6) is 0.799. The van der Waals surface area contributed by atoms with Gasteiger partial charge < -0.3 is 5.73 Å². The molecular formula is C20H41N. The van der Waals surface area contributed by atoms with E-state index in [-0.39, 0.29) is 0 Å². The van der Waals surface area contributed by atoms with Crippen molar-refractivity contribution >= 4 is 0 Å². The van der Waals surface area contributed by atoms with E-state index in [1.807, 2.05) is 0 Å². The van der Waals surface area contributed by atoms with Crippen molar-refractivity contribution in [2.75, 3.05) is 0 Å². The molecule has 0 radical (unpaired) electrons. The average molecular weight is 296 g/mol. The lowest BCUT2D eigenvalue weighted by Crippen LogP contribution is -2.40. The first-order valence-electron chi connectivity index (χ1n) is 9.86. The molecule has 1 fully saturated rings. The van der Waals surface area contributed by atoms with Crippen LogP contribution in [-0.2, 0) is 0 Å². The third-order valence-electron chi connectivity index (χ3n) is 5.57. The maximum absolute atomic E-state index is 6.64. The molecule has 0 aliphatic heterocycles. The quantitative estimate of drug-likeness (QED) is 0.411. The fraction of sp³-hybridized carbons (Fsp3) is 1.00. The van der Waals surface area contributed by atoms with Gasteiger partial charge in [-0.3, -0.25) is 0 Å². The zero-order valence-corrected chi connectivity index (χ0v) is 15.1. The normalized spacial score (nSPS) is 19.3. The number of nitrogens with two attached hydrogens (primary N) is 1. The minimum atomic E-state index is 0.461. The lowest BCUT2D eigenvalue weighted by atomic mass is 9.71. The molecule has 0 heterocycles. The van der Waals surface area contributed by atoms with E-state index in [1.54, 1.807) is 0 Å². The molecule has 1 rings (SSSR count). The second-order valence-corrected chi connectivity index (χ2v) is 8.04. The second-order valence-electron chi connectivity index (χ2n) is 8.04. The summed E-state index contributed by atoms with van der Waals surface area (Å²) in [4.78, 5) is 0. The molecule has 0 aromatic carbocycles. The summed E-state index contributed by atoms with van der Waals surface area (Å²) in [6.07, 6.45) is 19.5. The Bertz CT molecular complexity index is 240. The molecule has 126 valence electrons. The van der Waals surface area contributed by atoms with Crippen molar-refractivity contribution in [1.82, 2.24) is 0 Å². The van der Waals surface area contributed by atoms with Crippen molar-refractivity contribution in [3.63, 3.8) is 0 Å². The summed E-state index contributed by atoms with van der Waals surface area (Å²) in [6, 6.07) is 0.461. The van der Waals surface area contributed by atoms with E-state index in [0.29, 0.717) is 11.5 Å². The van der Waals surface area contributed by atoms with Gasteiger partial charge >= 0.3 is 0 Å². The molecule has 1 nitrogen and oxygen atoms in total. The van der Waals surface area contributed by atoms with Gasteiger partial charge in [0.1, 0.15) is 0 Å². The maximum Gasteiger partial charge on any atom is 0.00956 e. The molecule has 0 bridgehead atoms. The van der Waals surface area contributed by atoms with Crippen LogP contribution in [0, 0.1) is 11.3 Å². The van der Waals surface area contributed by atoms with Crippen molar-refractivity contribution in [3.8, 4) is 0 Å². The molecule has 0 spiro atoms. The zero-order chi connectivity index (χ0) is 15.6. The Balaban J connectivity index is 2.15. The minimum Gasteiger partial charge on any atom is -0.327 e. The molecule has 0 aromatic heterocycles. The Kier molecular flexibility index (Phi) is 9.64. The fourth-order valence-corrected chi connectivity index (χ4v) is 4.42. The van der Waals surface area contributed by atoms with Crippen LogP contribution < -0.4 is 5.73 Å². The third-order valence-corrected chi connectivity index (χ3v) is 5.57. The van der Waals surface area contributed by atoms with Gasteiger partial charge in [-0.2, -0.15) is 0 Å². The van der Waals surface area contributed by atoms with E-state index in [1.165, 1.54) is 89.9 Å². The van der Waals surface area contributed by atoms with Crippen molar-refractivity contribution in [2.45, 2.75) is 117 Å². The largest absolute Gasteiger partial charge is 0.327 e. The summed E-state index contributed by atoms with van der Waals surface area (Å²) in [5.41, 5.74) is 7.14. The Morgan fingerprint density at radius 1 is 0.857 bits per heavy atom. The molecule has 1 aliphatic rings. The van der Waals surface area contributed by atoms with Gasteiger partial charge in [0, 0.05) is 6.04 Å². The summed E-state index contributed by atoms with van der Waals surface area (Å²) in [6.45, 7) is 7.02. The predicted molar refractivity (Wildman–Crippen MR) is 95.6 cm³/mol. The summed E-state index contributed by atoms with van der Waals surface area (Å²) in [5, 5.41) is 0. The van der Waals surface area contributed by atoms with Crippen LogP contribution in [0.1, 0.15) is 111 Å². The highest BCUT2D eigenvalue weighted by molar-refractivity contribution is 4.93. The first-order valence-corrected chi connectivity index (χ1v) is 9.86. The van der Waals surface area contributed by atoms with Crippen molar-refractivity contribution < 1.29 is 0 Å². The zero-order valence-electron chi connectivity index (χ0n) is 15.1. The summed E-state index contributed by atoms with van der Waals surface area (Å²) in [7, 11) is 0. The number of hydrogen-bond acceptors (Lipinski definition) is 1. The van der Waals surface area contributed by atoms with Crippen LogP contribution in [0.15, 0.2) is 0 Å². The molecule has 1 atom stereocenters. The fourth-order valence-electron chi connectivity index (χ4n) is 4.42. The minimum absolute atomic E-state index is 0.461. The molecule has 1 heteroatoms. The molecule has 21 heavy (non-hydrogen) atoms. The molecule has 1 saturated carbocycles. The highest BCUT2D eigenvalue weighted by atomic mass is 14.7. The molecule has 1 aliphatic carbocycles. The predicted octanol–water partition coefficient (Wildman–Crippen LogP) is 6.45. The average Bonchev–Trinajstić information content (AvgIpc) is 2.90. The summed E-state index contributed by atoms with van der Waals surface area (Å²) >= 11 is 0. The van der Waals surface area contributed by atoms with E-state index >= 15 is 0 Å². The van der Waals surface area contributed by atoms with Crippen molar-refractivity contribution in [1.29, 1.82) is 0 Å². The van der Waals surface area contributed by atoms with Crippen LogP contribution in [0.5, 0.6) is 0 Å². The van der Waals surface area contributed by atoms with E-state index in [0.717, 1.165) is 5.92 Å². The molecule has 0 amide bonds. The van der Waals surface area contributed by atoms with Gasteiger partial charge in [0.15, 0.2) is 0 Å². The lowest BCUT2D eigenvalue weighted by molar-refractivity contribution is 0.173. The first kappa shape index (κ1) is 19.0. The van der Waals surface area contributed by atoms with E-state index in [9.17, 15) is 0 Å². The van der Waals surface area contributed by atoms with Gasteiger partial charge in [0.05, 0.1) is 0 Å². The second kappa shape index (κ2) is 10.6. The van der Waals surface area contributed by atoms with E-state index in [4.69, 9.17) is 5.73 Å². The SMILES string of the molecule is CCCCCCCCCCC(N)C1(CC(C)C)CCCC1. The molecule has 0 aromatic rings. The number of hydrogen-bond donors (Lipinski definition) is 1. The van der Waals surface area contributed by atoms with Crippen LogP contribution in [0.4, 0.5) is 0 Å². The molecule has 0 saturated heterocycles. The maximum atomic E-state index is 6.64. The Labute approximate surface area is 134 Å². The van der Waals surface area contributed by atoms with Crippen LogP contribution in [0.2, 0.25) is 0 Å².